The number of hydrogen-bond donors (Lipinski definition) is 2. The van der Waals surface area contributed by atoms with Crippen molar-refractivity contribution in [3.8, 4) is 0 Å². The lowest BCUT2D eigenvalue weighted by Crippen LogP contribution is -2.29. The van der Waals surface area contributed by atoms with E-state index in [1.165, 1.54) is 19.3 Å². The largest absolute Gasteiger partial charge is 0.341 e. The lowest BCUT2D eigenvalue weighted by atomic mass is 10.1. The van der Waals surface area contributed by atoms with Crippen LogP contribution >= 0.6 is 11.6 Å². The van der Waals surface area contributed by atoms with E-state index in [4.69, 9.17) is 11.6 Å². The molecule has 2 heterocycles. The summed E-state index contributed by atoms with van der Waals surface area (Å²) in [6.45, 7) is 3.13. The fourth-order valence-electron chi connectivity index (χ4n) is 3.35. The lowest BCUT2D eigenvalue weighted by Gasteiger charge is -2.25. The molecule has 0 spiro atoms. The SMILES string of the molecule is O=C(Nc1ccc2nc(CN3CCCCC3)[nH]c2c1)c1ccc(Cl)cc1. The van der Waals surface area contributed by atoms with Crippen molar-refractivity contribution in [3.63, 3.8) is 0 Å². The summed E-state index contributed by atoms with van der Waals surface area (Å²) < 4.78 is 0. The van der Waals surface area contributed by atoms with Crippen LogP contribution in [0.25, 0.3) is 11.0 Å². The van der Waals surface area contributed by atoms with Crippen LogP contribution in [0.15, 0.2) is 42.5 Å². The summed E-state index contributed by atoms with van der Waals surface area (Å²) in [5.41, 5.74) is 3.17. The van der Waals surface area contributed by atoms with Gasteiger partial charge in [-0.05, 0) is 68.4 Å². The molecular weight excluding hydrogens is 348 g/mol. The van der Waals surface area contributed by atoms with E-state index >= 15 is 0 Å². The van der Waals surface area contributed by atoms with Crippen LogP contribution in [0.2, 0.25) is 5.02 Å². The predicted molar refractivity (Wildman–Crippen MR) is 105 cm³/mol. The van der Waals surface area contributed by atoms with Gasteiger partial charge in [-0.3, -0.25) is 9.69 Å². The molecule has 0 saturated carbocycles. The highest BCUT2D eigenvalue weighted by molar-refractivity contribution is 6.30. The average Bonchev–Trinajstić information content (AvgIpc) is 3.04. The minimum absolute atomic E-state index is 0.158. The maximum absolute atomic E-state index is 12.3. The van der Waals surface area contributed by atoms with Gasteiger partial charge in [-0.2, -0.15) is 0 Å². The second-order valence-corrected chi connectivity index (χ2v) is 7.15. The number of benzene rings is 2. The van der Waals surface area contributed by atoms with Crippen LogP contribution in [-0.2, 0) is 6.54 Å². The number of rotatable bonds is 4. The summed E-state index contributed by atoms with van der Waals surface area (Å²) >= 11 is 5.87. The topological polar surface area (TPSA) is 61.0 Å². The molecular formula is C20H21ClN4O. The smallest absolute Gasteiger partial charge is 0.255 e. The molecule has 6 heteroatoms. The molecule has 26 heavy (non-hydrogen) atoms. The number of carbonyl (C=O) groups is 1. The van der Waals surface area contributed by atoms with Gasteiger partial charge in [0.15, 0.2) is 0 Å². The average molecular weight is 369 g/mol. The molecule has 1 aliphatic rings. The van der Waals surface area contributed by atoms with Crippen LogP contribution in [-0.4, -0.2) is 33.9 Å². The van der Waals surface area contributed by atoms with Crippen LogP contribution in [0.4, 0.5) is 5.69 Å². The molecule has 4 rings (SSSR count). The van der Waals surface area contributed by atoms with Gasteiger partial charge < -0.3 is 10.3 Å². The third kappa shape index (κ3) is 3.89. The standard InChI is InChI=1S/C20H21ClN4O/c21-15-6-4-14(5-7-15)20(26)22-16-8-9-17-18(12-16)24-19(23-17)13-25-10-2-1-3-11-25/h4-9,12H,1-3,10-11,13H2,(H,22,26)(H,23,24). The number of imidazole rings is 1. The first-order valence-electron chi connectivity index (χ1n) is 8.95. The van der Waals surface area contributed by atoms with Crippen molar-refractivity contribution < 1.29 is 4.79 Å². The Morgan fingerprint density at radius 3 is 2.65 bits per heavy atom. The summed E-state index contributed by atoms with van der Waals surface area (Å²) in [6.07, 6.45) is 3.86. The van der Waals surface area contributed by atoms with Crippen molar-refractivity contribution in [2.75, 3.05) is 18.4 Å². The zero-order valence-electron chi connectivity index (χ0n) is 14.5. The number of amides is 1. The summed E-state index contributed by atoms with van der Waals surface area (Å²) in [6, 6.07) is 12.6. The van der Waals surface area contributed by atoms with Gasteiger partial charge in [0.1, 0.15) is 5.82 Å². The second-order valence-electron chi connectivity index (χ2n) is 6.71. The fourth-order valence-corrected chi connectivity index (χ4v) is 3.47. The van der Waals surface area contributed by atoms with E-state index in [2.05, 4.69) is 20.2 Å². The Bertz CT molecular complexity index is 913. The summed E-state index contributed by atoms with van der Waals surface area (Å²) in [4.78, 5) is 22.8. The molecule has 2 aromatic carbocycles. The molecule has 0 bridgehead atoms. The van der Waals surface area contributed by atoms with Crippen LogP contribution in [0.3, 0.4) is 0 Å². The number of piperidine rings is 1. The Kier molecular flexibility index (Phi) is 4.91. The van der Waals surface area contributed by atoms with E-state index in [-0.39, 0.29) is 5.91 Å². The molecule has 1 aliphatic heterocycles. The molecule has 0 aliphatic carbocycles. The second kappa shape index (κ2) is 7.48. The number of hydrogen-bond acceptors (Lipinski definition) is 3. The highest BCUT2D eigenvalue weighted by Crippen LogP contribution is 2.20. The number of aromatic amines is 1. The van der Waals surface area contributed by atoms with E-state index in [0.717, 1.165) is 42.2 Å². The number of carbonyl (C=O) groups excluding carboxylic acids is 1. The van der Waals surface area contributed by atoms with Crippen molar-refractivity contribution in [2.45, 2.75) is 25.8 Å². The van der Waals surface area contributed by atoms with Crippen molar-refractivity contribution in [3.05, 3.63) is 58.9 Å². The third-order valence-electron chi connectivity index (χ3n) is 4.72. The van der Waals surface area contributed by atoms with Gasteiger partial charge in [-0.25, -0.2) is 4.98 Å². The molecule has 0 atom stereocenters. The number of anilines is 1. The molecule has 0 unspecified atom stereocenters. The van der Waals surface area contributed by atoms with E-state index in [1.54, 1.807) is 24.3 Å². The van der Waals surface area contributed by atoms with Gasteiger partial charge in [-0.1, -0.05) is 18.0 Å². The number of fused-ring (bicyclic) bond motifs is 1. The Hall–Kier alpha value is -2.37. The lowest BCUT2D eigenvalue weighted by molar-refractivity contribution is 0.102. The van der Waals surface area contributed by atoms with Crippen molar-refractivity contribution in [1.82, 2.24) is 14.9 Å². The van der Waals surface area contributed by atoms with Crippen LogP contribution in [0.1, 0.15) is 35.4 Å². The van der Waals surface area contributed by atoms with Gasteiger partial charge in [0.05, 0.1) is 17.6 Å². The predicted octanol–water partition coefficient (Wildman–Crippen LogP) is 4.45. The van der Waals surface area contributed by atoms with Crippen molar-refractivity contribution in [1.29, 1.82) is 0 Å². The number of nitrogens with one attached hydrogen (secondary N) is 2. The zero-order valence-corrected chi connectivity index (χ0v) is 15.2. The maximum Gasteiger partial charge on any atom is 0.255 e. The fraction of sp³-hybridized carbons (Fsp3) is 0.300. The van der Waals surface area contributed by atoms with Gasteiger partial charge in [0.2, 0.25) is 0 Å². The van der Waals surface area contributed by atoms with Crippen LogP contribution < -0.4 is 5.32 Å². The van der Waals surface area contributed by atoms with E-state index < -0.39 is 0 Å². The Morgan fingerprint density at radius 1 is 1.12 bits per heavy atom. The molecule has 0 radical (unpaired) electrons. The highest BCUT2D eigenvalue weighted by Gasteiger charge is 2.13. The minimum Gasteiger partial charge on any atom is -0.341 e. The molecule has 3 aromatic rings. The molecule has 2 N–H and O–H groups in total. The summed E-state index contributed by atoms with van der Waals surface area (Å²) in [5, 5.41) is 3.53. The first-order valence-corrected chi connectivity index (χ1v) is 9.33. The number of nitrogens with zero attached hydrogens (tertiary/aromatic N) is 2. The van der Waals surface area contributed by atoms with Gasteiger partial charge in [-0.15, -0.1) is 0 Å². The first kappa shape index (κ1) is 17.1. The summed E-state index contributed by atoms with van der Waals surface area (Å²) in [5.74, 6) is 0.817. The van der Waals surface area contributed by atoms with Gasteiger partial charge in [0, 0.05) is 16.3 Å². The van der Waals surface area contributed by atoms with Crippen molar-refractivity contribution in [2.24, 2.45) is 0 Å². The highest BCUT2D eigenvalue weighted by atomic mass is 35.5. The zero-order chi connectivity index (χ0) is 17.9. The van der Waals surface area contributed by atoms with Gasteiger partial charge in [0.25, 0.3) is 5.91 Å². The van der Waals surface area contributed by atoms with Crippen LogP contribution in [0.5, 0.6) is 0 Å². The van der Waals surface area contributed by atoms with Gasteiger partial charge >= 0.3 is 0 Å². The van der Waals surface area contributed by atoms with E-state index in [0.29, 0.717) is 10.6 Å². The number of likely N-dealkylation sites (tertiary alicyclic amines) is 1. The van der Waals surface area contributed by atoms with Crippen LogP contribution in [0, 0.1) is 0 Å². The molecule has 134 valence electrons. The molecule has 5 nitrogen and oxygen atoms in total. The van der Waals surface area contributed by atoms with E-state index in [1.807, 2.05) is 18.2 Å². The number of H-pyrrole nitrogens is 1. The Balaban J connectivity index is 1.48. The molecule has 1 fully saturated rings. The molecule has 1 saturated heterocycles. The van der Waals surface area contributed by atoms with Crippen molar-refractivity contribution >= 4 is 34.2 Å². The quantitative estimate of drug-likeness (QED) is 0.715. The maximum atomic E-state index is 12.3. The summed E-state index contributed by atoms with van der Waals surface area (Å²) in [7, 11) is 0. The van der Waals surface area contributed by atoms with E-state index in [9.17, 15) is 4.79 Å². The number of aromatic nitrogens is 2. The minimum atomic E-state index is -0.158. The first-order chi connectivity index (χ1) is 12.7. The Morgan fingerprint density at radius 2 is 1.88 bits per heavy atom. The normalized spacial score (nSPS) is 15.3. The molecule has 1 aromatic heterocycles. The number of halogens is 1. The Labute approximate surface area is 157 Å². The monoisotopic (exact) mass is 368 g/mol. The third-order valence-corrected chi connectivity index (χ3v) is 4.97. The molecule has 1 amide bonds.